The molecule has 1 aromatic heterocycles. The molecule has 0 amide bonds. The third-order valence-corrected chi connectivity index (χ3v) is 2.89. The van der Waals surface area contributed by atoms with E-state index in [1.807, 2.05) is 25.1 Å². The van der Waals surface area contributed by atoms with Gasteiger partial charge in [0.05, 0.1) is 0 Å². The van der Waals surface area contributed by atoms with Crippen molar-refractivity contribution in [2.45, 2.75) is 20.3 Å². The number of likely N-dealkylation sites (N-methyl/N-ethyl adjacent to an activating group) is 1. The highest BCUT2D eigenvalue weighted by molar-refractivity contribution is 6.30. The van der Waals surface area contributed by atoms with E-state index in [1.165, 1.54) is 0 Å². The van der Waals surface area contributed by atoms with Gasteiger partial charge in [-0.3, -0.25) is 0 Å². The highest BCUT2D eigenvalue weighted by Crippen LogP contribution is 2.24. The van der Waals surface area contributed by atoms with Crippen molar-refractivity contribution in [2.24, 2.45) is 0 Å². The van der Waals surface area contributed by atoms with E-state index in [4.69, 9.17) is 16.0 Å². The van der Waals surface area contributed by atoms with Crippen LogP contribution in [0.4, 0.5) is 0 Å². The van der Waals surface area contributed by atoms with Gasteiger partial charge in [-0.2, -0.15) is 0 Å². The Balaban J connectivity index is 2.13. The van der Waals surface area contributed by atoms with Crippen molar-refractivity contribution >= 4 is 11.6 Å². The zero-order valence-electron chi connectivity index (χ0n) is 10.5. The Kier molecular flexibility index (Phi) is 4.33. The smallest absolute Gasteiger partial charge is 0.248 e. The van der Waals surface area contributed by atoms with Crippen LogP contribution in [0.15, 0.2) is 22.6 Å². The van der Waals surface area contributed by atoms with Crippen LogP contribution in [0.25, 0.3) is 11.5 Å². The number of hydrogen-bond donors (Lipinski definition) is 1. The summed E-state index contributed by atoms with van der Waals surface area (Å²) in [4.78, 5) is 0. The third-order valence-electron chi connectivity index (χ3n) is 2.65. The monoisotopic (exact) mass is 265 g/mol. The predicted octanol–water partition coefficient (Wildman–Crippen LogP) is 2.85. The van der Waals surface area contributed by atoms with Crippen molar-refractivity contribution in [1.82, 2.24) is 15.5 Å². The normalized spacial score (nSPS) is 10.8. The van der Waals surface area contributed by atoms with Crippen LogP contribution in [0, 0.1) is 6.92 Å². The number of aryl methyl sites for hydroxylation is 1. The molecule has 0 saturated heterocycles. The maximum absolute atomic E-state index is 5.92. The first kappa shape index (κ1) is 13.1. The van der Waals surface area contributed by atoms with E-state index < -0.39 is 0 Å². The van der Waals surface area contributed by atoms with E-state index >= 15 is 0 Å². The number of nitrogens with zero attached hydrogens (tertiary/aromatic N) is 2. The summed E-state index contributed by atoms with van der Waals surface area (Å²) >= 11 is 5.92. The molecular formula is C13H16ClN3O. The molecule has 2 rings (SSSR count). The van der Waals surface area contributed by atoms with Crippen LogP contribution in [0.3, 0.4) is 0 Å². The van der Waals surface area contributed by atoms with Crippen molar-refractivity contribution in [3.05, 3.63) is 34.7 Å². The predicted molar refractivity (Wildman–Crippen MR) is 71.7 cm³/mol. The Morgan fingerprint density at radius 3 is 2.89 bits per heavy atom. The van der Waals surface area contributed by atoms with Gasteiger partial charge in [-0.25, -0.2) is 0 Å². The standard InChI is InChI=1S/C13H16ClN3O/c1-3-15-7-6-12-16-17-13(18-12)11-5-4-10(14)8-9(11)2/h4-5,8,15H,3,6-7H2,1-2H3. The van der Waals surface area contributed by atoms with Gasteiger partial charge >= 0.3 is 0 Å². The molecule has 4 nitrogen and oxygen atoms in total. The lowest BCUT2D eigenvalue weighted by Gasteiger charge is -2.00. The summed E-state index contributed by atoms with van der Waals surface area (Å²) in [5.41, 5.74) is 1.96. The summed E-state index contributed by atoms with van der Waals surface area (Å²) in [6, 6.07) is 5.62. The van der Waals surface area contributed by atoms with Crippen molar-refractivity contribution in [3.8, 4) is 11.5 Å². The maximum Gasteiger partial charge on any atom is 0.248 e. The zero-order valence-corrected chi connectivity index (χ0v) is 11.3. The summed E-state index contributed by atoms with van der Waals surface area (Å²) in [5, 5.41) is 12.0. The van der Waals surface area contributed by atoms with Crippen LogP contribution in [0.5, 0.6) is 0 Å². The highest BCUT2D eigenvalue weighted by atomic mass is 35.5. The molecule has 1 aromatic carbocycles. The first-order valence-electron chi connectivity index (χ1n) is 6.00. The Hall–Kier alpha value is -1.39. The quantitative estimate of drug-likeness (QED) is 0.845. The van der Waals surface area contributed by atoms with Crippen LogP contribution >= 0.6 is 11.6 Å². The lowest BCUT2D eigenvalue weighted by molar-refractivity contribution is 0.496. The van der Waals surface area contributed by atoms with Crippen molar-refractivity contribution < 1.29 is 4.42 Å². The van der Waals surface area contributed by atoms with Crippen LogP contribution in [-0.2, 0) is 6.42 Å². The van der Waals surface area contributed by atoms with Crippen LogP contribution in [0.2, 0.25) is 5.02 Å². The second-order valence-electron chi connectivity index (χ2n) is 4.06. The average Bonchev–Trinajstić information content (AvgIpc) is 2.78. The minimum Gasteiger partial charge on any atom is -0.421 e. The van der Waals surface area contributed by atoms with Gasteiger partial charge < -0.3 is 9.73 Å². The number of rotatable bonds is 5. The largest absolute Gasteiger partial charge is 0.421 e. The van der Waals surface area contributed by atoms with Gasteiger partial charge in [-0.1, -0.05) is 18.5 Å². The van der Waals surface area contributed by atoms with Gasteiger partial charge in [-0.05, 0) is 37.2 Å². The molecule has 5 heteroatoms. The van der Waals surface area contributed by atoms with Crippen LogP contribution in [-0.4, -0.2) is 23.3 Å². The first-order valence-corrected chi connectivity index (χ1v) is 6.38. The first-order chi connectivity index (χ1) is 8.70. The Morgan fingerprint density at radius 2 is 2.17 bits per heavy atom. The Labute approximate surface area is 111 Å². The molecule has 0 spiro atoms. The minimum absolute atomic E-state index is 0.552. The minimum atomic E-state index is 0.552. The SMILES string of the molecule is CCNCCc1nnc(-c2ccc(Cl)cc2C)o1. The number of aromatic nitrogens is 2. The van der Waals surface area contributed by atoms with Crippen molar-refractivity contribution in [1.29, 1.82) is 0 Å². The fourth-order valence-electron chi connectivity index (χ4n) is 1.70. The number of nitrogens with one attached hydrogen (secondary N) is 1. The fourth-order valence-corrected chi connectivity index (χ4v) is 1.93. The number of hydrogen-bond acceptors (Lipinski definition) is 4. The summed E-state index contributed by atoms with van der Waals surface area (Å²) in [5.74, 6) is 1.20. The van der Waals surface area contributed by atoms with Crippen LogP contribution < -0.4 is 5.32 Å². The van der Waals surface area contributed by atoms with E-state index in [9.17, 15) is 0 Å². The van der Waals surface area contributed by atoms with Crippen molar-refractivity contribution in [3.63, 3.8) is 0 Å². The molecular weight excluding hydrogens is 250 g/mol. The molecule has 1 heterocycles. The molecule has 0 aliphatic rings. The summed E-state index contributed by atoms with van der Waals surface area (Å²) in [6.45, 7) is 5.83. The molecule has 0 aliphatic carbocycles. The van der Waals surface area contributed by atoms with Crippen molar-refractivity contribution in [2.75, 3.05) is 13.1 Å². The fraction of sp³-hybridized carbons (Fsp3) is 0.385. The van der Waals surface area contributed by atoms with E-state index in [-0.39, 0.29) is 0 Å². The maximum atomic E-state index is 5.92. The van der Waals surface area contributed by atoms with Gasteiger partial charge in [0.25, 0.3) is 0 Å². The molecule has 0 fully saturated rings. The third kappa shape index (κ3) is 3.09. The van der Waals surface area contributed by atoms with Gasteiger partial charge in [-0.15, -0.1) is 10.2 Å². The van der Waals surface area contributed by atoms with Crippen LogP contribution in [0.1, 0.15) is 18.4 Å². The molecule has 0 unspecified atom stereocenters. The average molecular weight is 266 g/mol. The van der Waals surface area contributed by atoms with Gasteiger partial charge in [0.2, 0.25) is 11.8 Å². The number of benzene rings is 1. The molecule has 96 valence electrons. The molecule has 0 radical (unpaired) electrons. The second kappa shape index (κ2) is 5.98. The summed E-state index contributed by atoms with van der Waals surface area (Å²) < 4.78 is 5.63. The highest BCUT2D eigenvalue weighted by Gasteiger charge is 2.10. The molecule has 0 aliphatic heterocycles. The van der Waals surface area contributed by atoms with E-state index in [0.717, 1.165) is 30.6 Å². The Bertz CT molecular complexity index is 525. The zero-order chi connectivity index (χ0) is 13.0. The lowest BCUT2D eigenvalue weighted by Crippen LogP contribution is -2.16. The van der Waals surface area contributed by atoms with Gasteiger partial charge in [0, 0.05) is 23.6 Å². The molecule has 1 N–H and O–H groups in total. The van der Waals surface area contributed by atoms with E-state index in [1.54, 1.807) is 0 Å². The molecule has 18 heavy (non-hydrogen) atoms. The van der Waals surface area contributed by atoms with Gasteiger partial charge in [0.1, 0.15) is 0 Å². The summed E-state index contributed by atoms with van der Waals surface area (Å²) in [7, 11) is 0. The Morgan fingerprint density at radius 1 is 1.33 bits per heavy atom. The lowest BCUT2D eigenvalue weighted by atomic mass is 10.1. The number of halogens is 1. The molecule has 0 bridgehead atoms. The van der Waals surface area contributed by atoms with E-state index in [0.29, 0.717) is 16.8 Å². The molecule has 0 saturated carbocycles. The second-order valence-corrected chi connectivity index (χ2v) is 4.50. The van der Waals surface area contributed by atoms with Gasteiger partial charge in [0.15, 0.2) is 0 Å². The topological polar surface area (TPSA) is 51.0 Å². The molecule has 0 atom stereocenters. The van der Waals surface area contributed by atoms with E-state index in [2.05, 4.69) is 22.4 Å². The summed E-state index contributed by atoms with van der Waals surface area (Å²) in [6.07, 6.45) is 0.744. The molecule has 2 aromatic rings.